The van der Waals surface area contributed by atoms with Crippen LogP contribution in [-0.2, 0) is 20.3 Å². The lowest BCUT2D eigenvalue weighted by Gasteiger charge is -2.04. The van der Waals surface area contributed by atoms with Gasteiger partial charge in [-0.1, -0.05) is 0 Å². The molecule has 0 saturated heterocycles. The second-order valence-corrected chi connectivity index (χ2v) is 5.20. The van der Waals surface area contributed by atoms with E-state index in [-0.39, 0.29) is 5.97 Å². The number of carbonyl (C=O) groups excluding carboxylic acids is 1. The van der Waals surface area contributed by atoms with Crippen molar-refractivity contribution in [2.24, 2.45) is 0 Å². The number of benzene rings is 1. The summed E-state index contributed by atoms with van der Waals surface area (Å²) in [5, 5.41) is 0. The lowest BCUT2D eigenvalue weighted by molar-refractivity contribution is -0.143. The molecule has 18 heavy (non-hydrogen) atoms. The van der Waals surface area contributed by atoms with Gasteiger partial charge in [0.1, 0.15) is 5.75 Å². The van der Waals surface area contributed by atoms with Gasteiger partial charge in [0.15, 0.2) is 0 Å². The van der Waals surface area contributed by atoms with Crippen LogP contribution in [0.25, 0.3) is 0 Å². The molecule has 0 heterocycles. The molecule has 0 N–H and O–H groups in total. The van der Waals surface area contributed by atoms with Crippen LogP contribution in [0.15, 0.2) is 29.2 Å². The van der Waals surface area contributed by atoms with Crippen LogP contribution >= 0.6 is 0 Å². The maximum atomic E-state index is 11.9. The molecule has 0 fully saturated rings. The molecule has 0 spiro atoms. The minimum atomic E-state index is -1.08. The van der Waals surface area contributed by atoms with Crippen molar-refractivity contribution in [2.75, 3.05) is 19.5 Å². The fourth-order valence-electron chi connectivity index (χ4n) is 1.43. The number of hydrogen-bond acceptors (Lipinski definition) is 4. The van der Waals surface area contributed by atoms with Gasteiger partial charge >= 0.3 is 5.97 Å². The Bertz CT molecular complexity index is 400. The summed E-state index contributed by atoms with van der Waals surface area (Å²) in [5.41, 5.74) is 0. The van der Waals surface area contributed by atoms with Crippen LogP contribution in [0.1, 0.15) is 19.8 Å². The topological polar surface area (TPSA) is 52.6 Å². The third-order valence-corrected chi connectivity index (χ3v) is 3.80. The van der Waals surface area contributed by atoms with Crippen molar-refractivity contribution in [1.82, 2.24) is 0 Å². The van der Waals surface area contributed by atoms with E-state index in [2.05, 4.69) is 0 Å². The quantitative estimate of drug-likeness (QED) is 0.712. The van der Waals surface area contributed by atoms with E-state index in [1.54, 1.807) is 38.3 Å². The summed E-state index contributed by atoms with van der Waals surface area (Å²) in [4.78, 5) is 11.9. The van der Waals surface area contributed by atoms with Gasteiger partial charge in [-0.15, -0.1) is 0 Å². The number of methoxy groups -OCH3 is 1. The Kier molecular flexibility index (Phi) is 6.43. The van der Waals surface area contributed by atoms with E-state index in [0.717, 1.165) is 10.6 Å². The molecule has 0 amide bonds. The predicted octanol–water partition coefficient (Wildman–Crippen LogP) is 2.15. The molecule has 0 bridgehead atoms. The van der Waals surface area contributed by atoms with Crippen molar-refractivity contribution in [1.29, 1.82) is 0 Å². The van der Waals surface area contributed by atoms with Crippen molar-refractivity contribution in [2.45, 2.75) is 24.7 Å². The van der Waals surface area contributed by atoms with Gasteiger partial charge in [-0.2, -0.15) is 0 Å². The summed E-state index contributed by atoms with van der Waals surface area (Å²) in [5.74, 6) is 0.969. The van der Waals surface area contributed by atoms with Crippen LogP contribution in [0.2, 0.25) is 0 Å². The normalized spacial score (nSPS) is 11.9. The zero-order valence-electron chi connectivity index (χ0n) is 10.7. The Morgan fingerprint density at radius 3 is 2.50 bits per heavy atom. The van der Waals surface area contributed by atoms with Crippen LogP contribution in [0.4, 0.5) is 0 Å². The molecule has 1 aromatic carbocycles. The number of carbonyl (C=O) groups is 1. The van der Waals surface area contributed by atoms with E-state index in [4.69, 9.17) is 9.47 Å². The predicted molar refractivity (Wildman–Crippen MR) is 70.1 cm³/mol. The highest BCUT2D eigenvalue weighted by Crippen LogP contribution is 2.15. The Morgan fingerprint density at radius 2 is 1.94 bits per heavy atom. The first kappa shape index (κ1) is 14.7. The zero-order chi connectivity index (χ0) is 13.4. The zero-order valence-corrected chi connectivity index (χ0v) is 11.5. The molecular formula is C13H18O4S. The molecule has 0 aliphatic heterocycles. The molecule has 0 aliphatic carbocycles. The summed E-state index contributed by atoms with van der Waals surface area (Å²) in [6.45, 7) is 2.16. The Balaban J connectivity index is 2.38. The molecule has 1 rings (SSSR count). The third kappa shape index (κ3) is 4.87. The second kappa shape index (κ2) is 7.87. The fraction of sp³-hybridized carbons (Fsp3) is 0.462. The largest absolute Gasteiger partial charge is 0.497 e. The van der Waals surface area contributed by atoms with Gasteiger partial charge in [-0.05, 0) is 37.6 Å². The van der Waals surface area contributed by atoms with Crippen LogP contribution in [-0.4, -0.2) is 29.6 Å². The lowest BCUT2D eigenvalue weighted by atomic mass is 10.3. The molecule has 1 atom stereocenters. The number of hydrogen-bond donors (Lipinski definition) is 0. The van der Waals surface area contributed by atoms with Crippen molar-refractivity contribution in [3.8, 4) is 5.75 Å². The standard InChI is InChI=1S/C13H18O4S/c1-3-17-13(14)5-4-10-18(15)12-8-6-11(16-2)7-9-12/h6-9H,3-5,10H2,1-2H3. The molecule has 0 aromatic heterocycles. The van der Waals surface area contributed by atoms with E-state index < -0.39 is 10.8 Å². The summed E-state index contributed by atoms with van der Waals surface area (Å²) in [6.07, 6.45) is 0.882. The van der Waals surface area contributed by atoms with E-state index in [0.29, 0.717) is 25.2 Å². The first-order valence-corrected chi connectivity index (χ1v) is 7.17. The average molecular weight is 270 g/mol. The number of rotatable bonds is 7. The van der Waals surface area contributed by atoms with Crippen LogP contribution in [0, 0.1) is 0 Å². The fourth-order valence-corrected chi connectivity index (χ4v) is 2.51. The molecular weight excluding hydrogens is 252 g/mol. The molecule has 5 heteroatoms. The lowest BCUT2D eigenvalue weighted by Crippen LogP contribution is -2.06. The van der Waals surface area contributed by atoms with E-state index >= 15 is 0 Å². The van der Waals surface area contributed by atoms with Crippen LogP contribution in [0.5, 0.6) is 5.75 Å². The van der Waals surface area contributed by atoms with Gasteiger partial charge in [-0.25, -0.2) is 0 Å². The summed E-state index contributed by atoms with van der Waals surface area (Å²) >= 11 is 0. The molecule has 100 valence electrons. The van der Waals surface area contributed by atoms with E-state index in [1.165, 1.54) is 0 Å². The average Bonchev–Trinajstić information content (AvgIpc) is 2.39. The Labute approximate surface area is 110 Å². The van der Waals surface area contributed by atoms with Gasteiger partial charge < -0.3 is 9.47 Å². The second-order valence-electron chi connectivity index (χ2n) is 3.63. The molecule has 4 nitrogen and oxygen atoms in total. The monoisotopic (exact) mass is 270 g/mol. The van der Waals surface area contributed by atoms with Crippen molar-refractivity contribution < 1.29 is 18.5 Å². The summed E-state index contributed by atoms with van der Waals surface area (Å²) in [7, 11) is 0.511. The number of ether oxygens (including phenoxy) is 2. The Morgan fingerprint density at radius 1 is 1.28 bits per heavy atom. The van der Waals surface area contributed by atoms with Crippen LogP contribution in [0.3, 0.4) is 0 Å². The molecule has 0 aliphatic rings. The first-order valence-electron chi connectivity index (χ1n) is 5.85. The highest BCUT2D eigenvalue weighted by Gasteiger charge is 2.07. The molecule has 0 saturated carbocycles. The van der Waals surface area contributed by atoms with Crippen molar-refractivity contribution >= 4 is 16.8 Å². The molecule has 1 unspecified atom stereocenters. The maximum Gasteiger partial charge on any atom is 0.305 e. The molecule has 1 aromatic rings. The van der Waals surface area contributed by atoms with Crippen molar-refractivity contribution in [3.63, 3.8) is 0 Å². The minimum absolute atomic E-state index is 0.232. The summed E-state index contributed by atoms with van der Waals surface area (Å²) in [6, 6.07) is 7.11. The minimum Gasteiger partial charge on any atom is -0.497 e. The maximum absolute atomic E-state index is 11.9. The Hall–Kier alpha value is -1.36. The highest BCUT2D eigenvalue weighted by atomic mass is 32.2. The smallest absolute Gasteiger partial charge is 0.305 e. The first-order chi connectivity index (χ1) is 8.67. The van der Waals surface area contributed by atoms with Gasteiger partial charge in [0.2, 0.25) is 0 Å². The molecule has 0 radical (unpaired) electrons. The highest BCUT2D eigenvalue weighted by molar-refractivity contribution is 7.85. The van der Waals surface area contributed by atoms with Gasteiger partial charge in [0.05, 0.1) is 24.5 Å². The SMILES string of the molecule is CCOC(=O)CCCS(=O)c1ccc(OC)cc1. The third-order valence-electron chi connectivity index (χ3n) is 2.34. The van der Waals surface area contributed by atoms with Gasteiger partial charge in [0, 0.05) is 17.1 Å². The van der Waals surface area contributed by atoms with Crippen LogP contribution < -0.4 is 4.74 Å². The number of esters is 1. The van der Waals surface area contributed by atoms with Gasteiger partial charge in [-0.3, -0.25) is 9.00 Å². The summed E-state index contributed by atoms with van der Waals surface area (Å²) < 4.78 is 21.7. The van der Waals surface area contributed by atoms with E-state index in [9.17, 15) is 9.00 Å². The van der Waals surface area contributed by atoms with Crippen molar-refractivity contribution in [3.05, 3.63) is 24.3 Å². The van der Waals surface area contributed by atoms with E-state index in [1.807, 2.05) is 0 Å². The van der Waals surface area contributed by atoms with Gasteiger partial charge in [0.25, 0.3) is 0 Å².